The molecule has 0 unspecified atom stereocenters. The highest BCUT2D eigenvalue weighted by atomic mass is 16.3. The Bertz CT molecular complexity index is 1230. The minimum atomic E-state index is -0.309. The van der Waals surface area contributed by atoms with Crippen molar-refractivity contribution in [1.29, 1.82) is 0 Å². The summed E-state index contributed by atoms with van der Waals surface area (Å²) in [5.74, 6) is 0.0631. The molecule has 1 N–H and O–H groups in total. The van der Waals surface area contributed by atoms with Crippen LogP contribution in [0.4, 0.5) is 11.4 Å². The number of benzene rings is 1. The first-order valence-electron chi connectivity index (χ1n) is 10.5. The van der Waals surface area contributed by atoms with Gasteiger partial charge in [0.2, 0.25) is 5.89 Å². The van der Waals surface area contributed by atoms with Crippen LogP contribution >= 0.6 is 0 Å². The van der Waals surface area contributed by atoms with Crippen molar-refractivity contribution >= 4 is 28.2 Å². The average molecular weight is 416 g/mol. The van der Waals surface area contributed by atoms with Crippen LogP contribution < -0.4 is 10.2 Å². The zero-order valence-electron chi connectivity index (χ0n) is 17.6. The highest BCUT2D eigenvalue weighted by Crippen LogP contribution is 2.33. The number of oxazole rings is 1. The van der Waals surface area contributed by atoms with Crippen LogP contribution in [0.3, 0.4) is 0 Å². The van der Waals surface area contributed by atoms with Crippen molar-refractivity contribution in [2.75, 3.05) is 23.3 Å². The summed E-state index contributed by atoms with van der Waals surface area (Å²) in [6.45, 7) is 3.85. The molecule has 4 heterocycles. The molecule has 1 aliphatic heterocycles. The Labute approximate surface area is 179 Å². The quantitative estimate of drug-likeness (QED) is 0.537. The van der Waals surface area contributed by atoms with Crippen LogP contribution in [0.5, 0.6) is 0 Å². The number of piperidine rings is 1. The molecule has 5 rings (SSSR count). The first-order valence-corrected chi connectivity index (χ1v) is 10.5. The van der Waals surface area contributed by atoms with Crippen molar-refractivity contribution < 1.29 is 9.21 Å². The predicted octanol–water partition coefficient (Wildman–Crippen LogP) is 4.17. The fourth-order valence-electron chi connectivity index (χ4n) is 3.97. The maximum absolute atomic E-state index is 13.0. The Morgan fingerprint density at radius 2 is 2.00 bits per heavy atom. The van der Waals surface area contributed by atoms with Crippen molar-refractivity contribution in [2.45, 2.75) is 26.2 Å². The molecule has 158 valence electrons. The number of amides is 1. The van der Waals surface area contributed by atoms with Gasteiger partial charge in [-0.25, -0.2) is 4.98 Å². The van der Waals surface area contributed by atoms with E-state index >= 15 is 0 Å². The summed E-state index contributed by atoms with van der Waals surface area (Å²) in [6, 6.07) is 7.80. The zero-order valence-corrected chi connectivity index (χ0v) is 17.6. The molecular weight excluding hydrogens is 392 g/mol. The molecule has 0 spiro atoms. The first-order chi connectivity index (χ1) is 15.1. The Hall–Kier alpha value is -3.68. The molecule has 0 bridgehead atoms. The van der Waals surface area contributed by atoms with Crippen LogP contribution in [-0.2, 0) is 7.05 Å². The Balaban J connectivity index is 1.45. The van der Waals surface area contributed by atoms with Crippen LogP contribution in [0.15, 0.2) is 47.3 Å². The van der Waals surface area contributed by atoms with Gasteiger partial charge in [0.05, 0.1) is 22.5 Å². The van der Waals surface area contributed by atoms with Crippen LogP contribution in [0, 0.1) is 6.92 Å². The standard InChI is InChI=1S/C23H24N6O2/c1-15-6-7-16(12-24-15)23-26-20(14-31-23)22(30)25-19-10-17-13-28(2)27-18(17)11-21(19)29-8-4-3-5-9-29/h6-7,10-14H,3-5,8-9H2,1-2H3,(H,25,30). The zero-order chi connectivity index (χ0) is 21.4. The van der Waals surface area contributed by atoms with E-state index in [4.69, 9.17) is 4.42 Å². The van der Waals surface area contributed by atoms with Gasteiger partial charge in [-0.2, -0.15) is 5.10 Å². The van der Waals surface area contributed by atoms with E-state index in [0.717, 1.165) is 59.5 Å². The number of rotatable bonds is 4. The van der Waals surface area contributed by atoms with Gasteiger partial charge in [-0.15, -0.1) is 0 Å². The van der Waals surface area contributed by atoms with Gasteiger partial charge in [0, 0.05) is 43.6 Å². The van der Waals surface area contributed by atoms with Crippen molar-refractivity contribution in [3.05, 3.63) is 54.3 Å². The summed E-state index contributed by atoms with van der Waals surface area (Å²) in [5, 5.41) is 8.55. The predicted molar refractivity (Wildman–Crippen MR) is 119 cm³/mol. The number of carbonyl (C=O) groups excluding carboxylic acids is 1. The van der Waals surface area contributed by atoms with Gasteiger partial charge in [0.1, 0.15) is 6.26 Å². The van der Waals surface area contributed by atoms with Gasteiger partial charge in [-0.1, -0.05) is 0 Å². The third-order valence-electron chi connectivity index (χ3n) is 5.58. The van der Waals surface area contributed by atoms with E-state index in [-0.39, 0.29) is 11.6 Å². The van der Waals surface area contributed by atoms with Crippen molar-refractivity contribution in [1.82, 2.24) is 19.7 Å². The topological polar surface area (TPSA) is 89.1 Å². The minimum absolute atomic E-state index is 0.228. The monoisotopic (exact) mass is 416 g/mol. The minimum Gasteiger partial charge on any atom is -0.444 e. The van der Waals surface area contributed by atoms with E-state index in [9.17, 15) is 4.79 Å². The second-order valence-corrected chi connectivity index (χ2v) is 7.96. The largest absolute Gasteiger partial charge is 0.444 e. The molecule has 3 aromatic heterocycles. The molecule has 8 heteroatoms. The average Bonchev–Trinajstić information content (AvgIpc) is 3.40. The second kappa shape index (κ2) is 7.86. The van der Waals surface area contributed by atoms with Crippen LogP contribution in [-0.4, -0.2) is 38.7 Å². The van der Waals surface area contributed by atoms with Crippen LogP contribution in [0.1, 0.15) is 35.4 Å². The third-order valence-corrected chi connectivity index (χ3v) is 5.58. The molecule has 1 aliphatic rings. The molecule has 4 aromatic rings. The van der Waals surface area contributed by atoms with Crippen LogP contribution in [0.2, 0.25) is 0 Å². The second-order valence-electron chi connectivity index (χ2n) is 7.96. The fraction of sp³-hybridized carbons (Fsp3) is 0.304. The lowest BCUT2D eigenvalue weighted by Crippen LogP contribution is -2.30. The number of nitrogens with one attached hydrogen (secondary N) is 1. The number of hydrogen-bond acceptors (Lipinski definition) is 6. The summed E-state index contributed by atoms with van der Waals surface area (Å²) in [5.41, 5.74) is 4.53. The molecule has 1 fully saturated rings. The SMILES string of the molecule is Cc1ccc(-c2nc(C(=O)Nc3cc4cn(C)nc4cc3N3CCCCC3)co2)cn1. The van der Waals surface area contributed by atoms with E-state index in [1.807, 2.05) is 38.4 Å². The third kappa shape index (κ3) is 3.88. The van der Waals surface area contributed by atoms with Gasteiger partial charge in [-0.05, 0) is 50.5 Å². The molecule has 8 nitrogen and oxygen atoms in total. The number of carbonyl (C=O) groups is 1. The smallest absolute Gasteiger partial charge is 0.277 e. The number of hydrogen-bond donors (Lipinski definition) is 1. The summed E-state index contributed by atoms with van der Waals surface area (Å²) in [4.78, 5) is 23.9. The van der Waals surface area contributed by atoms with E-state index in [1.165, 1.54) is 12.7 Å². The fourth-order valence-corrected chi connectivity index (χ4v) is 3.97. The number of aromatic nitrogens is 4. The van der Waals surface area contributed by atoms with Gasteiger partial charge < -0.3 is 14.6 Å². The van der Waals surface area contributed by atoms with E-state index in [0.29, 0.717) is 5.89 Å². The summed E-state index contributed by atoms with van der Waals surface area (Å²) in [7, 11) is 1.90. The number of pyridine rings is 1. The van der Waals surface area contributed by atoms with Crippen LogP contribution in [0.25, 0.3) is 22.4 Å². The molecule has 31 heavy (non-hydrogen) atoms. The maximum Gasteiger partial charge on any atom is 0.277 e. The Morgan fingerprint density at radius 3 is 2.77 bits per heavy atom. The highest BCUT2D eigenvalue weighted by Gasteiger charge is 2.20. The number of fused-ring (bicyclic) bond motifs is 1. The number of nitrogens with zero attached hydrogens (tertiary/aromatic N) is 5. The van der Waals surface area contributed by atoms with Gasteiger partial charge in [0.25, 0.3) is 5.91 Å². The van der Waals surface area contributed by atoms with Crippen molar-refractivity contribution in [3.63, 3.8) is 0 Å². The molecule has 0 radical (unpaired) electrons. The molecular formula is C23H24N6O2. The molecule has 1 aromatic carbocycles. The molecule has 1 amide bonds. The Kier molecular flexibility index (Phi) is 4.89. The van der Waals surface area contributed by atoms with E-state index in [2.05, 4.69) is 31.3 Å². The first kappa shape index (κ1) is 19.3. The van der Waals surface area contributed by atoms with Crippen molar-refractivity contribution in [2.24, 2.45) is 7.05 Å². The number of aryl methyl sites for hydroxylation is 2. The lowest BCUT2D eigenvalue weighted by atomic mass is 10.1. The number of anilines is 2. The molecule has 1 saturated heterocycles. The maximum atomic E-state index is 13.0. The molecule has 0 aliphatic carbocycles. The summed E-state index contributed by atoms with van der Waals surface area (Å²) >= 11 is 0. The molecule has 0 atom stereocenters. The summed E-state index contributed by atoms with van der Waals surface area (Å²) < 4.78 is 7.32. The lowest BCUT2D eigenvalue weighted by Gasteiger charge is -2.30. The Morgan fingerprint density at radius 1 is 1.16 bits per heavy atom. The summed E-state index contributed by atoms with van der Waals surface area (Å²) in [6.07, 6.45) is 8.54. The highest BCUT2D eigenvalue weighted by molar-refractivity contribution is 6.06. The molecule has 0 saturated carbocycles. The van der Waals surface area contributed by atoms with E-state index in [1.54, 1.807) is 10.9 Å². The van der Waals surface area contributed by atoms with Crippen molar-refractivity contribution in [3.8, 4) is 11.5 Å². The van der Waals surface area contributed by atoms with Gasteiger partial charge >= 0.3 is 0 Å². The van der Waals surface area contributed by atoms with E-state index < -0.39 is 0 Å². The lowest BCUT2D eigenvalue weighted by molar-refractivity contribution is 0.102. The van der Waals surface area contributed by atoms with Gasteiger partial charge in [0.15, 0.2) is 5.69 Å². The normalized spacial score (nSPS) is 14.2. The van der Waals surface area contributed by atoms with Gasteiger partial charge in [-0.3, -0.25) is 14.5 Å².